The van der Waals surface area contributed by atoms with Gasteiger partial charge in [0.25, 0.3) is 0 Å². The molecule has 6 heteroatoms. The minimum Gasteiger partial charge on any atom is -0.462 e. The second-order valence-electron chi connectivity index (χ2n) is 16.0. The Morgan fingerprint density at radius 2 is 0.629 bits per heavy atom. The van der Waals surface area contributed by atoms with Crippen LogP contribution in [0.15, 0.2) is 109 Å². The van der Waals surface area contributed by atoms with Crippen LogP contribution >= 0.6 is 0 Å². The Balaban J connectivity index is 4.01. The summed E-state index contributed by atoms with van der Waals surface area (Å²) in [6.07, 6.45) is 67.2. The minimum atomic E-state index is -0.777. The number of ether oxygens (including phenoxy) is 3. The van der Waals surface area contributed by atoms with E-state index in [1.807, 2.05) is 0 Å². The molecule has 0 radical (unpaired) electrons. The van der Waals surface area contributed by atoms with Crippen LogP contribution < -0.4 is 0 Å². The van der Waals surface area contributed by atoms with Crippen LogP contribution in [0.3, 0.4) is 0 Å². The first kappa shape index (κ1) is 58.1. The van der Waals surface area contributed by atoms with Crippen LogP contribution in [-0.4, -0.2) is 37.2 Å². The molecule has 0 bridgehead atoms. The van der Waals surface area contributed by atoms with Gasteiger partial charge in [0.1, 0.15) is 13.2 Å². The Morgan fingerprint density at radius 1 is 0.339 bits per heavy atom. The van der Waals surface area contributed by atoms with E-state index in [1.54, 1.807) is 0 Å². The van der Waals surface area contributed by atoms with Gasteiger partial charge in [0.15, 0.2) is 6.10 Å². The number of esters is 3. The van der Waals surface area contributed by atoms with Gasteiger partial charge in [0.05, 0.1) is 0 Å². The van der Waals surface area contributed by atoms with E-state index in [1.165, 1.54) is 25.7 Å². The molecule has 0 aromatic carbocycles. The molecule has 0 aliphatic heterocycles. The Labute approximate surface area is 380 Å². The molecule has 0 saturated heterocycles. The Hall–Kier alpha value is -3.93. The Bertz CT molecular complexity index is 1310. The highest BCUT2D eigenvalue weighted by atomic mass is 16.6. The van der Waals surface area contributed by atoms with Crippen LogP contribution in [0.1, 0.15) is 207 Å². The molecule has 0 heterocycles. The summed E-state index contributed by atoms with van der Waals surface area (Å²) in [5, 5.41) is 0. The average molecular weight is 859 g/mol. The number of hydrogen-bond acceptors (Lipinski definition) is 6. The molecule has 0 aliphatic rings. The van der Waals surface area contributed by atoms with Crippen molar-refractivity contribution in [3.63, 3.8) is 0 Å². The van der Waals surface area contributed by atoms with Gasteiger partial charge in [0, 0.05) is 19.3 Å². The molecule has 62 heavy (non-hydrogen) atoms. The van der Waals surface area contributed by atoms with Gasteiger partial charge in [-0.25, -0.2) is 0 Å². The third-order valence-electron chi connectivity index (χ3n) is 10.0. The van der Waals surface area contributed by atoms with E-state index >= 15 is 0 Å². The highest BCUT2D eigenvalue weighted by molar-refractivity contribution is 5.71. The zero-order valence-corrected chi connectivity index (χ0v) is 39.8. The van der Waals surface area contributed by atoms with Crippen molar-refractivity contribution in [2.24, 2.45) is 0 Å². The first-order chi connectivity index (χ1) is 30.5. The second-order valence-corrected chi connectivity index (χ2v) is 16.0. The fourth-order valence-electron chi connectivity index (χ4n) is 6.31. The molecule has 0 fully saturated rings. The normalized spacial score (nSPS) is 13.0. The van der Waals surface area contributed by atoms with E-state index in [9.17, 15) is 14.4 Å². The Morgan fingerprint density at radius 3 is 0.984 bits per heavy atom. The van der Waals surface area contributed by atoms with Crippen molar-refractivity contribution in [1.29, 1.82) is 0 Å². The van der Waals surface area contributed by atoms with E-state index in [-0.39, 0.29) is 31.1 Å². The summed E-state index contributed by atoms with van der Waals surface area (Å²) in [7, 11) is 0. The van der Waals surface area contributed by atoms with Crippen LogP contribution in [0.5, 0.6) is 0 Å². The molecule has 0 saturated carbocycles. The third-order valence-corrected chi connectivity index (χ3v) is 10.0. The lowest BCUT2D eigenvalue weighted by Gasteiger charge is -2.18. The summed E-state index contributed by atoms with van der Waals surface area (Å²) in [6, 6.07) is 0. The molecule has 0 rings (SSSR count). The zero-order valence-electron chi connectivity index (χ0n) is 39.8. The molecular formula is C56H90O6. The fraction of sp³-hybridized carbons (Fsp3) is 0.625. The van der Waals surface area contributed by atoms with Gasteiger partial charge in [-0.1, -0.05) is 207 Å². The largest absolute Gasteiger partial charge is 0.462 e. The van der Waals surface area contributed by atoms with Gasteiger partial charge in [0.2, 0.25) is 0 Å². The summed E-state index contributed by atoms with van der Waals surface area (Å²) in [6.45, 7) is 6.33. The number of rotatable bonds is 43. The van der Waals surface area contributed by atoms with Crippen molar-refractivity contribution in [1.82, 2.24) is 0 Å². The summed E-state index contributed by atoms with van der Waals surface area (Å²) in [5.41, 5.74) is 0. The number of hydrogen-bond donors (Lipinski definition) is 0. The van der Waals surface area contributed by atoms with Crippen molar-refractivity contribution in [2.45, 2.75) is 213 Å². The van der Waals surface area contributed by atoms with Crippen molar-refractivity contribution >= 4 is 17.9 Å². The summed E-state index contributed by atoms with van der Waals surface area (Å²) in [4.78, 5) is 37.3. The molecule has 0 aliphatic carbocycles. The monoisotopic (exact) mass is 859 g/mol. The van der Waals surface area contributed by atoms with E-state index in [0.29, 0.717) is 19.3 Å². The number of carbonyl (C=O) groups is 3. The van der Waals surface area contributed by atoms with Crippen LogP contribution in [0, 0.1) is 0 Å². The highest BCUT2D eigenvalue weighted by Gasteiger charge is 2.19. The highest BCUT2D eigenvalue weighted by Crippen LogP contribution is 2.12. The number of unbranched alkanes of at least 4 members (excludes halogenated alkanes) is 14. The van der Waals surface area contributed by atoms with E-state index < -0.39 is 6.10 Å². The lowest BCUT2D eigenvalue weighted by atomic mass is 10.1. The zero-order chi connectivity index (χ0) is 45.1. The summed E-state index contributed by atoms with van der Waals surface area (Å²) >= 11 is 0. The Kier molecular flexibility index (Phi) is 46.6. The number of carbonyl (C=O) groups excluding carboxylic acids is 3. The van der Waals surface area contributed by atoms with Crippen molar-refractivity contribution in [3.05, 3.63) is 109 Å². The van der Waals surface area contributed by atoms with Crippen LogP contribution in [0.4, 0.5) is 0 Å². The van der Waals surface area contributed by atoms with Crippen molar-refractivity contribution < 1.29 is 28.6 Å². The number of allylic oxidation sites excluding steroid dienone is 18. The maximum Gasteiger partial charge on any atom is 0.306 e. The van der Waals surface area contributed by atoms with Crippen LogP contribution in [0.25, 0.3) is 0 Å². The average Bonchev–Trinajstić information content (AvgIpc) is 3.27. The van der Waals surface area contributed by atoms with Gasteiger partial charge >= 0.3 is 17.9 Å². The topological polar surface area (TPSA) is 78.9 Å². The van der Waals surface area contributed by atoms with E-state index in [0.717, 1.165) is 141 Å². The molecule has 0 aromatic rings. The second kappa shape index (κ2) is 49.7. The quantitative estimate of drug-likeness (QED) is 0.0263. The first-order valence-corrected chi connectivity index (χ1v) is 24.9. The minimum absolute atomic E-state index is 0.0856. The van der Waals surface area contributed by atoms with Crippen LogP contribution in [-0.2, 0) is 28.6 Å². The maximum absolute atomic E-state index is 12.5. The predicted octanol–water partition coefficient (Wildman–Crippen LogP) is 16.4. The maximum atomic E-state index is 12.5. The van der Waals surface area contributed by atoms with E-state index in [4.69, 9.17) is 14.2 Å². The molecular weight excluding hydrogens is 769 g/mol. The van der Waals surface area contributed by atoms with Crippen molar-refractivity contribution in [2.75, 3.05) is 13.2 Å². The molecule has 0 amide bonds. The van der Waals surface area contributed by atoms with Gasteiger partial charge < -0.3 is 14.2 Å². The van der Waals surface area contributed by atoms with Crippen LogP contribution in [0.2, 0.25) is 0 Å². The molecule has 6 nitrogen and oxygen atoms in total. The predicted molar refractivity (Wildman–Crippen MR) is 265 cm³/mol. The lowest BCUT2D eigenvalue weighted by Crippen LogP contribution is -2.30. The molecule has 0 spiro atoms. The third kappa shape index (κ3) is 47.1. The first-order valence-electron chi connectivity index (χ1n) is 24.9. The van der Waals surface area contributed by atoms with Gasteiger partial charge in [-0.3, -0.25) is 14.4 Å². The molecule has 1 atom stereocenters. The van der Waals surface area contributed by atoms with Crippen molar-refractivity contribution in [3.8, 4) is 0 Å². The molecule has 350 valence electrons. The molecule has 0 aromatic heterocycles. The SMILES string of the molecule is CC/C=C\C/C=C\C/C=C\C/C=C\C/C=C\C/C=C\C/C=C\C/C=C\C/C=C\CCCCCCCC(=O)OCC(COC(=O)CCCCCCC)OC(=O)CCCCCCCC. The van der Waals surface area contributed by atoms with Gasteiger partial charge in [-0.15, -0.1) is 0 Å². The lowest BCUT2D eigenvalue weighted by molar-refractivity contribution is -0.167. The molecule has 1 unspecified atom stereocenters. The standard InChI is InChI=1S/C56H90O6/c1-4-7-10-13-15-16-17-18-19-20-21-22-23-24-25-26-27-28-29-30-31-32-33-34-35-36-37-38-39-40-41-44-46-49-55(58)61-52-53(51-60-54(57)48-45-42-12-9-6-3)62-56(59)50-47-43-14-11-8-5-2/h7,10,15-16,18-19,21-22,24-25,27-28,30-31,33-34,36-37,53H,4-6,8-9,11-14,17,20,23,26,29,32,35,38-52H2,1-3H3/b10-7-,16-15-,19-18-,22-21-,25-24-,28-27-,31-30-,34-33-,37-36-. The summed E-state index contributed by atoms with van der Waals surface area (Å²) < 4.78 is 16.5. The molecule has 0 N–H and O–H groups in total. The fourth-order valence-corrected chi connectivity index (χ4v) is 6.31. The smallest absolute Gasteiger partial charge is 0.306 e. The summed E-state index contributed by atoms with van der Waals surface area (Å²) in [5.74, 6) is -0.940. The van der Waals surface area contributed by atoms with Gasteiger partial charge in [-0.2, -0.15) is 0 Å². The van der Waals surface area contributed by atoms with E-state index in [2.05, 4.69) is 130 Å². The van der Waals surface area contributed by atoms with Gasteiger partial charge in [-0.05, 0) is 89.9 Å².